The van der Waals surface area contributed by atoms with E-state index < -0.39 is 0 Å². The van der Waals surface area contributed by atoms with Gasteiger partial charge >= 0.3 is 0 Å². The molecule has 0 heterocycles. The third kappa shape index (κ3) is 4.07. The average Bonchev–Trinajstić information content (AvgIpc) is 2.46. The lowest BCUT2D eigenvalue weighted by Gasteiger charge is -2.10. The van der Waals surface area contributed by atoms with Crippen molar-refractivity contribution >= 4 is 17.3 Å². The SMILES string of the molecule is CCCOc1cccc(NCc2cc(Cl)ccc2O)c1. The monoisotopic (exact) mass is 291 g/mol. The zero-order chi connectivity index (χ0) is 14.4. The van der Waals surface area contributed by atoms with E-state index in [1.165, 1.54) is 0 Å². The molecule has 0 radical (unpaired) electrons. The molecule has 2 aromatic carbocycles. The lowest BCUT2D eigenvalue weighted by Crippen LogP contribution is -2.01. The summed E-state index contributed by atoms with van der Waals surface area (Å²) in [5, 5.41) is 13.6. The molecule has 0 saturated heterocycles. The minimum atomic E-state index is 0.236. The van der Waals surface area contributed by atoms with Crippen LogP contribution >= 0.6 is 11.6 Å². The number of aromatic hydroxyl groups is 1. The molecule has 0 aliphatic heterocycles. The van der Waals surface area contributed by atoms with Crippen LogP contribution < -0.4 is 10.1 Å². The first kappa shape index (κ1) is 14.5. The zero-order valence-electron chi connectivity index (χ0n) is 11.4. The largest absolute Gasteiger partial charge is 0.508 e. The van der Waals surface area contributed by atoms with E-state index >= 15 is 0 Å². The van der Waals surface area contributed by atoms with Gasteiger partial charge in [0, 0.05) is 28.9 Å². The van der Waals surface area contributed by atoms with Crippen molar-refractivity contribution in [2.75, 3.05) is 11.9 Å². The van der Waals surface area contributed by atoms with Crippen LogP contribution in [0, 0.1) is 0 Å². The summed E-state index contributed by atoms with van der Waals surface area (Å²) in [6.07, 6.45) is 0.980. The van der Waals surface area contributed by atoms with Crippen LogP contribution in [0.25, 0.3) is 0 Å². The minimum absolute atomic E-state index is 0.236. The van der Waals surface area contributed by atoms with Crippen LogP contribution in [0.3, 0.4) is 0 Å². The van der Waals surface area contributed by atoms with Gasteiger partial charge in [-0.3, -0.25) is 0 Å². The Labute approximate surface area is 124 Å². The van der Waals surface area contributed by atoms with Crippen molar-refractivity contribution < 1.29 is 9.84 Å². The first-order valence-electron chi connectivity index (χ1n) is 6.63. The smallest absolute Gasteiger partial charge is 0.121 e. The third-order valence-electron chi connectivity index (χ3n) is 2.83. The van der Waals surface area contributed by atoms with Gasteiger partial charge in [0.15, 0.2) is 0 Å². The fourth-order valence-corrected chi connectivity index (χ4v) is 2.00. The van der Waals surface area contributed by atoms with Crippen LogP contribution in [0.5, 0.6) is 11.5 Å². The topological polar surface area (TPSA) is 41.5 Å². The molecule has 4 heteroatoms. The molecule has 0 unspecified atom stereocenters. The molecule has 0 aromatic heterocycles. The van der Waals surface area contributed by atoms with E-state index in [-0.39, 0.29) is 5.75 Å². The molecule has 0 aliphatic rings. The maximum atomic E-state index is 9.76. The molecule has 0 fully saturated rings. The Kier molecular flexibility index (Phi) is 5.13. The summed E-state index contributed by atoms with van der Waals surface area (Å²) in [7, 11) is 0. The van der Waals surface area contributed by atoms with Gasteiger partial charge in [-0.25, -0.2) is 0 Å². The van der Waals surface area contributed by atoms with Crippen LogP contribution in [-0.2, 0) is 6.54 Å². The summed E-state index contributed by atoms with van der Waals surface area (Å²) >= 11 is 5.92. The van der Waals surface area contributed by atoms with Gasteiger partial charge in [-0.05, 0) is 36.8 Å². The summed E-state index contributed by atoms with van der Waals surface area (Å²) < 4.78 is 5.58. The second-order valence-electron chi connectivity index (χ2n) is 4.50. The van der Waals surface area contributed by atoms with Gasteiger partial charge in [0.05, 0.1) is 6.61 Å². The predicted molar refractivity (Wildman–Crippen MR) is 82.7 cm³/mol. The van der Waals surface area contributed by atoms with E-state index in [1.54, 1.807) is 18.2 Å². The van der Waals surface area contributed by atoms with Gasteiger partial charge in [0.25, 0.3) is 0 Å². The highest BCUT2D eigenvalue weighted by atomic mass is 35.5. The molecule has 0 atom stereocenters. The highest BCUT2D eigenvalue weighted by Crippen LogP contribution is 2.23. The predicted octanol–water partition coefficient (Wildman–Crippen LogP) is 4.45. The van der Waals surface area contributed by atoms with Gasteiger partial charge < -0.3 is 15.2 Å². The Bertz CT molecular complexity index is 572. The number of benzene rings is 2. The highest BCUT2D eigenvalue weighted by Gasteiger charge is 2.03. The van der Waals surface area contributed by atoms with Crippen molar-refractivity contribution in [3.8, 4) is 11.5 Å². The number of nitrogens with one attached hydrogen (secondary N) is 1. The number of hydrogen-bond donors (Lipinski definition) is 2. The Hall–Kier alpha value is -1.87. The van der Waals surface area contributed by atoms with Crippen molar-refractivity contribution in [2.24, 2.45) is 0 Å². The zero-order valence-corrected chi connectivity index (χ0v) is 12.2. The lowest BCUT2D eigenvalue weighted by molar-refractivity contribution is 0.317. The first-order chi connectivity index (χ1) is 9.69. The van der Waals surface area contributed by atoms with E-state index in [9.17, 15) is 5.11 Å². The Morgan fingerprint density at radius 3 is 2.85 bits per heavy atom. The molecular formula is C16H18ClNO2. The number of phenols is 1. The number of hydrogen-bond acceptors (Lipinski definition) is 3. The lowest BCUT2D eigenvalue weighted by atomic mass is 10.2. The van der Waals surface area contributed by atoms with Crippen molar-refractivity contribution in [3.63, 3.8) is 0 Å². The molecule has 20 heavy (non-hydrogen) atoms. The second kappa shape index (κ2) is 7.06. The molecule has 106 valence electrons. The molecule has 0 saturated carbocycles. The van der Waals surface area contributed by atoms with Crippen LogP contribution in [0.1, 0.15) is 18.9 Å². The second-order valence-corrected chi connectivity index (χ2v) is 4.94. The van der Waals surface area contributed by atoms with E-state index in [0.717, 1.165) is 23.4 Å². The Morgan fingerprint density at radius 1 is 1.20 bits per heavy atom. The maximum Gasteiger partial charge on any atom is 0.121 e. The van der Waals surface area contributed by atoms with Gasteiger partial charge in [0.2, 0.25) is 0 Å². The van der Waals surface area contributed by atoms with Gasteiger partial charge in [-0.15, -0.1) is 0 Å². The maximum absolute atomic E-state index is 9.76. The van der Waals surface area contributed by atoms with Crippen molar-refractivity contribution in [1.29, 1.82) is 0 Å². The summed E-state index contributed by atoms with van der Waals surface area (Å²) in [5.74, 6) is 1.08. The summed E-state index contributed by atoms with van der Waals surface area (Å²) in [5.41, 5.74) is 1.70. The molecule has 2 N–H and O–H groups in total. The van der Waals surface area contributed by atoms with Crippen LogP contribution in [0.15, 0.2) is 42.5 Å². The fraction of sp³-hybridized carbons (Fsp3) is 0.250. The third-order valence-corrected chi connectivity index (χ3v) is 3.07. The number of phenolic OH excluding ortho intramolecular Hbond substituents is 1. The molecule has 0 aliphatic carbocycles. The Balaban J connectivity index is 2.01. The number of rotatable bonds is 6. The number of ether oxygens (including phenoxy) is 1. The van der Waals surface area contributed by atoms with Crippen molar-refractivity contribution in [1.82, 2.24) is 0 Å². The van der Waals surface area contributed by atoms with Gasteiger partial charge in [-0.1, -0.05) is 24.6 Å². The number of halogens is 1. The highest BCUT2D eigenvalue weighted by molar-refractivity contribution is 6.30. The van der Waals surface area contributed by atoms with E-state index in [2.05, 4.69) is 12.2 Å². The summed E-state index contributed by atoms with van der Waals surface area (Å²) in [4.78, 5) is 0. The molecule has 3 nitrogen and oxygen atoms in total. The number of anilines is 1. The summed E-state index contributed by atoms with van der Waals surface area (Å²) in [6.45, 7) is 3.28. The average molecular weight is 292 g/mol. The normalized spacial score (nSPS) is 10.3. The van der Waals surface area contributed by atoms with E-state index in [4.69, 9.17) is 16.3 Å². The van der Waals surface area contributed by atoms with Gasteiger partial charge in [0.1, 0.15) is 11.5 Å². The van der Waals surface area contributed by atoms with E-state index in [1.807, 2.05) is 24.3 Å². The first-order valence-corrected chi connectivity index (χ1v) is 7.01. The molecule has 0 spiro atoms. The quantitative estimate of drug-likeness (QED) is 0.826. The van der Waals surface area contributed by atoms with E-state index in [0.29, 0.717) is 18.2 Å². The van der Waals surface area contributed by atoms with Gasteiger partial charge in [-0.2, -0.15) is 0 Å². The standard InChI is InChI=1S/C16H18ClNO2/c1-2-8-20-15-5-3-4-14(10-15)18-11-12-9-13(17)6-7-16(12)19/h3-7,9-10,18-19H,2,8,11H2,1H3. The molecule has 2 aromatic rings. The molecule has 2 rings (SSSR count). The van der Waals surface area contributed by atoms with Crippen LogP contribution in [0.2, 0.25) is 5.02 Å². The molecular weight excluding hydrogens is 274 g/mol. The van der Waals surface area contributed by atoms with Crippen LogP contribution in [0.4, 0.5) is 5.69 Å². The van der Waals surface area contributed by atoms with Crippen molar-refractivity contribution in [3.05, 3.63) is 53.1 Å². The molecule has 0 bridgehead atoms. The fourth-order valence-electron chi connectivity index (χ4n) is 1.81. The summed E-state index contributed by atoms with van der Waals surface area (Å²) in [6, 6.07) is 12.8. The van der Waals surface area contributed by atoms with Crippen molar-refractivity contribution in [2.45, 2.75) is 19.9 Å². The molecule has 0 amide bonds. The Morgan fingerprint density at radius 2 is 2.05 bits per heavy atom. The van der Waals surface area contributed by atoms with Crippen LogP contribution in [-0.4, -0.2) is 11.7 Å². The minimum Gasteiger partial charge on any atom is -0.508 e.